The Bertz CT molecular complexity index is 853. The van der Waals surface area contributed by atoms with Gasteiger partial charge in [0.2, 0.25) is 0 Å². The Kier molecular flexibility index (Phi) is 4.42. The van der Waals surface area contributed by atoms with E-state index in [-0.39, 0.29) is 6.04 Å². The molecule has 7 nitrogen and oxygen atoms in total. The number of aryl methyl sites for hydroxylation is 3. The molecule has 0 aliphatic carbocycles. The summed E-state index contributed by atoms with van der Waals surface area (Å²) in [5.41, 5.74) is 2.78. The van der Waals surface area contributed by atoms with Crippen molar-refractivity contribution in [3.8, 4) is 0 Å². The van der Waals surface area contributed by atoms with Crippen LogP contribution in [0.5, 0.6) is 0 Å². The first kappa shape index (κ1) is 16.3. The SMILES string of the molecule is Cc1cc(C)c2c(N[C@H](CC(C)C)c3ncnn3C)ncnc2n1. The fourth-order valence-electron chi connectivity index (χ4n) is 3.00. The van der Waals surface area contributed by atoms with Crippen molar-refractivity contribution in [1.29, 1.82) is 0 Å². The Labute approximate surface area is 141 Å². The fourth-order valence-corrected chi connectivity index (χ4v) is 3.00. The van der Waals surface area contributed by atoms with Gasteiger partial charge in [0.05, 0.1) is 11.4 Å². The second-order valence-electron chi connectivity index (χ2n) is 6.57. The summed E-state index contributed by atoms with van der Waals surface area (Å²) >= 11 is 0. The fraction of sp³-hybridized carbons (Fsp3) is 0.471. The van der Waals surface area contributed by atoms with Gasteiger partial charge in [-0.1, -0.05) is 13.8 Å². The molecule has 0 amide bonds. The molecule has 0 spiro atoms. The van der Waals surface area contributed by atoms with Crippen molar-refractivity contribution in [2.24, 2.45) is 13.0 Å². The van der Waals surface area contributed by atoms with Gasteiger partial charge in [-0.2, -0.15) is 5.10 Å². The predicted octanol–water partition coefficient (Wildman–Crippen LogP) is 2.97. The van der Waals surface area contributed by atoms with Crippen molar-refractivity contribution in [2.75, 3.05) is 5.32 Å². The smallest absolute Gasteiger partial charge is 0.165 e. The van der Waals surface area contributed by atoms with E-state index in [1.807, 2.05) is 14.0 Å². The Morgan fingerprint density at radius 2 is 1.92 bits per heavy atom. The highest BCUT2D eigenvalue weighted by atomic mass is 15.3. The molecule has 0 aliphatic heterocycles. The number of aromatic nitrogens is 6. The molecule has 0 saturated heterocycles. The maximum atomic E-state index is 4.52. The minimum absolute atomic E-state index is 0.0244. The number of fused-ring (bicyclic) bond motifs is 1. The van der Waals surface area contributed by atoms with E-state index in [0.717, 1.165) is 34.7 Å². The van der Waals surface area contributed by atoms with Crippen LogP contribution in [0, 0.1) is 19.8 Å². The Morgan fingerprint density at radius 3 is 2.58 bits per heavy atom. The van der Waals surface area contributed by atoms with E-state index in [4.69, 9.17) is 0 Å². The molecule has 0 aromatic carbocycles. The summed E-state index contributed by atoms with van der Waals surface area (Å²) in [6.45, 7) is 8.42. The minimum atomic E-state index is 0.0244. The van der Waals surface area contributed by atoms with Crippen molar-refractivity contribution in [3.05, 3.63) is 35.8 Å². The lowest BCUT2D eigenvalue weighted by Crippen LogP contribution is -2.19. The highest BCUT2D eigenvalue weighted by Gasteiger charge is 2.20. The summed E-state index contributed by atoms with van der Waals surface area (Å²) in [4.78, 5) is 17.7. The molecule has 0 saturated carbocycles. The van der Waals surface area contributed by atoms with Crippen molar-refractivity contribution in [3.63, 3.8) is 0 Å². The number of hydrogen-bond acceptors (Lipinski definition) is 6. The molecule has 3 aromatic heterocycles. The number of rotatable bonds is 5. The van der Waals surface area contributed by atoms with E-state index in [1.54, 1.807) is 17.3 Å². The zero-order valence-electron chi connectivity index (χ0n) is 14.8. The second-order valence-corrected chi connectivity index (χ2v) is 6.57. The minimum Gasteiger partial charge on any atom is -0.359 e. The van der Waals surface area contributed by atoms with Crippen LogP contribution in [0.2, 0.25) is 0 Å². The molecule has 1 N–H and O–H groups in total. The van der Waals surface area contributed by atoms with Crippen LogP contribution in [0.4, 0.5) is 5.82 Å². The standard InChI is InChI=1S/C17H23N7/c1-10(2)6-13(17-20-9-21-24(17)5)23-16-14-11(3)7-12(4)22-15(14)18-8-19-16/h7-10,13H,6H2,1-5H3,(H,18,19,22,23)/t13-/m1/s1. The molecule has 0 fully saturated rings. The van der Waals surface area contributed by atoms with Gasteiger partial charge in [0.15, 0.2) is 5.65 Å². The summed E-state index contributed by atoms with van der Waals surface area (Å²) < 4.78 is 1.80. The van der Waals surface area contributed by atoms with E-state index in [9.17, 15) is 0 Å². The summed E-state index contributed by atoms with van der Waals surface area (Å²) in [7, 11) is 1.91. The maximum absolute atomic E-state index is 4.52. The quantitative estimate of drug-likeness (QED) is 0.776. The molecule has 126 valence electrons. The summed E-state index contributed by atoms with van der Waals surface area (Å²) in [6, 6.07) is 2.08. The van der Waals surface area contributed by atoms with Gasteiger partial charge in [-0.15, -0.1) is 0 Å². The lowest BCUT2D eigenvalue weighted by atomic mass is 10.0. The monoisotopic (exact) mass is 325 g/mol. The van der Waals surface area contributed by atoms with E-state index >= 15 is 0 Å². The molecular weight excluding hydrogens is 302 g/mol. The van der Waals surface area contributed by atoms with E-state index in [1.165, 1.54) is 0 Å². The molecule has 3 heterocycles. The zero-order valence-corrected chi connectivity index (χ0v) is 14.8. The van der Waals surface area contributed by atoms with Crippen molar-refractivity contribution in [1.82, 2.24) is 29.7 Å². The normalized spacial score (nSPS) is 12.8. The first-order chi connectivity index (χ1) is 11.5. The van der Waals surface area contributed by atoms with Crippen LogP contribution >= 0.6 is 0 Å². The Balaban J connectivity index is 2.04. The third-order valence-corrected chi connectivity index (χ3v) is 4.01. The first-order valence-electron chi connectivity index (χ1n) is 8.15. The van der Waals surface area contributed by atoms with Gasteiger partial charge < -0.3 is 5.32 Å². The number of anilines is 1. The van der Waals surface area contributed by atoms with Crippen molar-refractivity contribution in [2.45, 2.75) is 40.2 Å². The third-order valence-electron chi connectivity index (χ3n) is 4.01. The molecule has 0 bridgehead atoms. The topological polar surface area (TPSA) is 81.4 Å². The lowest BCUT2D eigenvalue weighted by Gasteiger charge is -2.21. The third kappa shape index (κ3) is 3.20. The summed E-state index contributed by atoms with van der Waals surface area (Å²) in [5, 5.41) is 8.70. The molecule has 24 heavy (non-hydrogen) atoms. The molecule has 0 radical (unpaired) electrons. The van der Waals surface area contributed by atoms with Crippen molar-refractivity contribution >= 4 is 16.9 Å². The molecule has 1 atom stereocenters. The molecule has 0 unspecified atom stereocenters. The molecule has 3 aromatic rings. The number of nitrogens with one attached hydrogen (secondary N) is 1. The van der Waals surface area contributed by atoms with Crippen LogP contribution in [0.3, 0.4) is 0 Å². The second kappa shape index (κ2) is 6.51. The van der Waals surface area contributed by atoms with Crippen LogP contribution in [-0.4, -0.2) is 29.7 Å². The molecule has 3 rings (SSSR count). The van der Waals surface area contributed by atoms with Gasteiger partial charge in [0.1, 0.15) is 24.3 Å². The van der Waals surface area contributed by atoms with Crippen LogP contribution in [0.25, 0.3) is 11.0 Å². The highest BCUT2D eigenvalue weighted by Crippen LogP contribution is 2.28. The van der Waals surface area contributed by atoms with Crippen molar-refractivity contribution < 1.29 is 0 Å². The average Bonchev–Trinajstić information content (AvgIpc) is 2.91. The number of hydrogen-bond donors (Lipinski definition) is 1. The largest absolute Gasteiger partial charge is 0.359 e. The van der Waals surface area contributed by atoms with E-state index in [0.29, 0.717) is 11.6 Å². The number of nitrogens with zero attached hydrogens (tertiary/aromatic N) is 6. The number of pyridine rings is 1. The molecular formula is C17H23N7. The van der Waals surface area contributed by atoms with Crippen LogP contribution < -0.4 is 5.32 Å². The predicted molar refractivity (Wildman–Crippen MR) is 93.6 cm³/mol. The van der Waals surface area contributed by atoms with Gasteiger partial charge >= 0.3 is 0 Å². The summed E-state index contributed by atoms with van der Waals surface area (Å²) in [5.74, 6) is 2.20. The average molecular weight is 325 g/mol. The van der Waals surface area contributed by atoms with Gasteiger partial charge in [-0.25, -0.2) is 19.9 Å². The van der Waals surface area contributed by atoms with E-state index < -0.39 is 0 Å². The van der Waals surface area contributed by atoms with Crippen LogP contribution in [0.15, 0.2) is 18.7 Å². The first-order valence-corrected chi connectivity index (χ1v) is 8.15. The lowest BCUT2D eigenvalue weighted by molar-refractivity contribution is 0.498. The molecule has 7 heteroatoms. The maximum Gasteiger partial charge on any atom is 0.165 e. The Morgan fingerprint density at radius 1 is 1.12 bits per heavy atom. The van der Waals surface area contributed by atoms with Crippen LogP contribution in [0.1, 0.15) is 43.4 Å². The van der Waals surface area contributed by atoms with Gasteiger partial charge in [-0.3, -0.25) is 4.68 Å². The van der Waals surface area contributed by atoms with E-state index in [2.05, 4.69) is 57.2 Å². The zero-order chi connectivity index (χ0) is 17.3. The van der Waals surface area contributed by atoms with Gasteiger partial charge in [-0.05, 0) is 37.8 Å². The molecule has 0 aliphatic rings. The Hall–Kier alpha value is -2.57. The van der Waals surface area contributed by atoms with Gasteiger partial charge in [0, 0.05) is 12.7 Å². The van der Waals surface area contributed by atoms with Gasteiger partial charge in [0.25, 0.3) is 0 Å². The highest BCUT2D eigenvalue weighted by molar-refractivity contribution is 5.89. The summed E-state index contributed by atoms with van der Waals surface area (Å²) in [6.07, 6.45) is 4.06. The van der Waals surface area contributed by atoms with Crippen LogP contribution in [-0.2, 0) is 7.05 Å².